The van der Waals surface area contributed by atoms with Gasteiger partial charge in [0.2, 0.25) is 0 Å². The quantitative estimate of drug-likeness (QED) is 0.868. The standard InChI is InChI=1S/C17H25N5O/c1-13-8-10-17(11-9-13,21(2)3)16-18-19-20-22(16)14-6-5-7-15(12-14)23-4/h5-7,12-13H,8-11H2,1-4H3. The summed E-state index contributed by atoms with van der Waals surface area (Å²) in [7, 11) is 5.92. The minimum atomic E-state index is -0.112. The van der Waals surface area contributed by atoms with Gasteiger partial charge in [0.15, 0.2) is 5.82 Å². The number of hydrogen-bond acceptors (Lipinski definition) is 5. The minimum absolute atomic E-state index is 0.112. The second-order valence-corrected chi connectivity index (χ2v) is 6.72. The number of ether oxygens (including phenoxy) is 1. The van der Waals surface area contributed by atoms with Crippen molar-refractivity contribution in [3.8, 4) is 11.4 Å². The van der Waals surface area contributed by atoms with Gasteiger partial charge in [0.25, 0.3) is 0 Å². The van der Waals surface area contributed by atoms with Crippen molar-refractivity contribution >= 4 is 0 Å². The Bertz CT molecular complexity index is 659. The topological polar surface area (TPSA) is 56.1 Å². The highest BCUT2D eigenvalue weighted by molar-refractivity contribution is 5.39. The zero-order chi connectivity index (χ0) is 16.4. The largest absolute Gasteiger partial charge is 0.497 e. The van der Waals surface area contributed by atoms with Crippen molar-refractivity contribution in [2.45, 2.75) is 38.1 Å². The molecule has 0 aliphatic heterocycles. The summed E-state index contributed by atoms with van der Waals surface area (Å²) in [5, 5.41) is 12.6. The average molecular weight is 315 g/mol. The van der Waals surface area contributed by atoms with Crippen LogP contribution in [-0.2, 0) is 5.54 Å². The van der Waals surface area contributed by atoms with Crippen molar-refractivity contribution in [1.29, 1.82) is 0 Å². The maximum absolute atomic E-state index is 5.33. The monoisotopic (exact) mass is 315 g/mol. The van der Waals surface area contributed by atoms with Crippen molar-refractivity contribution < 1.29 is 4.74 Å². The first-order valence-electron chi connectivity index (χ1n) is 8.17. The predicted molar refractivity (Wildman–Crippen MR) is 88.7 cm³/mol. The molecule has 0 bridgehead atoms. The second-order valence-electron chi connectivity index (χ2n) is 6.72. The van der Waals surface area contributed by atoms with Gasteiger partial charge in [-0.05, 0) is 68.3 Å². The maximum atomic E-state index is 5.33. The van der Waals surface area contributed by atoms with Gasteiger partial charge in [0.1, 0.15) is 5.75 Å². The first-order valence-corrected chi connectivity index (χ1v) is 8.17. The fraction of sp³-hybridized carbons (Fsp3) is 0.588. The molecular weight excluding hydrogens is 290 g/mol. The maximum Gasteiger partial charge on any atom is 0.176 e. The molecule has 1 fully saturated rings. The third-order valence-corrected chi connectivity index (χ3v) is 5.14. The Morgan fingerprint density at radius 3 is 2.65 bits per heavy atom. The van der Waals surface area contributed by atoms with E-state index in [9.17, 15) is 0 Å². The van der Waals surface area contributed by atoms with Crippen LogP contribution in [0.15, 0.2) is 24.3 Å². The van der Waals surface area contributed by atoms with Crippen LogP contribution >= 0.6 is 0 Å². The van der Waals surface area contributed by atoms with Crippen LogP contribution in [0.3, 0.4) is 0 Å². The Balaban J connectivity index is 2.04. The van der Waals surface area contributed by atoms with Crippen LogP contribution in [0.4, 0.5) is 0 Å². The van der Waals surface area contributed by atoms with Gasteiger partial charge in [0, 0.05) is 6.07 Å². The first-order chi connectivity index (χ1) is 11.1. The van der Waals surface area contributed by atoms with Gasteiger partial charge in [-0.25, -0.2) is 0 Å². The van der Waals surface area contributed by atoms with E-state index < -0.39 is 0 Å². The molecule has 0 saturated heterocycles. The summed E-state index contributed by atoms with van der Waals surface area (Å²) in [6, 6.07) is 7.87. The van der Waals surface area contributed by atoms with Crippen LogP contribution < -0.4 is 4.74 Å². The molecule has 6 heteroatoms. The van der Waals surface area contributed by atoms with E-state index in [2.05, 4.69) is 41.4 Å². The predicted octanol–water partition coefficient (Wildman–Crippen LogP) is 2.64. The number of hydrogen-bond donors (Lipinski definition) is 0. The molecule has 1 heterocycles. The van der Waals surface area contributed by atoms with E-state index in [1.54, 1.807) is 7.11 Å². The molecule has 1 saturated carbocycles. The fourth-order valence-corrected chi connectivity index (χ4v) is 3.50. The van der Waals surface area contributed by atoms with Gasteiger partial charge >= 0.3 is 0 Å². The zero-order valence-corrected chi connectivity index (χ0v) is 14.4. The van der Waals surface area contributed by atoms with Crippen LogP contribution in [0.2, 0.25) is 0 Å². The zero-order valence-electron chi connectivity index (χ0n) is 14.4. The van der Waals surface area contributed by atoms with E-state index in [-0.39, 0.29) is 5.54 Å². The molecule has 0 unspecified atom stereocenters. The number of tetrazole rings is 1. The summed E-state index contributed by atoms with van der Waals surface area (Å²) in [4.78, 5) is 2.28. The second kappa shape index (κ2) is 6.28. The first kappa shape index (κ1) is 15.9. The van der Waals surface area contributed by atoms with E-state index in [1.807, 2.05) is 28.9 Å². The number of benzene rings is 1. The third kappa shape index (κ3) is 2.83. The smallest absolute Gasteiger partial charge is 0.176 e. The molecule has 6 nitrogen and oxygen atoms in total. The summed E-state index contributed by atoms with van der Waals surface area (Å²) < 4.78 is 7.19. The van der Waals surface area contributed by atoms with Gasteiger partial charge in [-0.15, -0.1) is 5.10 Å². The van der Waals surface area contributed by atoms with Gasteiger partial charge in [0.05, 0.1) is 18.3 Å². The molecule has 0 atom stereocenters. The molecule has 3 rings (SSSR count). The normalized spacial score (nSPS) is 24.8. The Kier molecular flexibility index (Phi) is 4.35. The van der Waals surface area contributed by atoms with E-state index in [1.165, 1.54) is 12.8 Å². The van der Waals surface area contributed by atoms with Crippen LogP contribution in [0.25, 0.3) is 5.69 Å². The molecule has 2 aromatic rings. The van der Waals surface area contributed by atoms with Gasteiger partial charge < -0.3 is 4.74 Å². The van der Waals surface area contributed by atoms with Crippen LogP contribution in [0.1, 0.15) is 38.4 Å². The number of aromatic nitrogens is 4. The summed E-state index contributed by atoms with van der Waals surface area (Å²) in [5.41, 5.74) is 0.822. The highest BCUT2D eigenvalue weighted by Crippen LogP contribution is 2.42. The van der Waals surface area contributed by atoms with E-state index >= 15 is 0 Å². The molecular formula is C17H25N5O. The van der Waals surface area contributed by atoms with Crippen molar-refractivity contribution in [3.63, 3.8) is 0 Å². The summed E-state index contributed by atoms with van der Waals surface area (Å²) in [6.07, 6.45) is 4.54. The Hall–Kier alpha value is -1.95. The molecule has 1 aliphatic carbocycles. The van der Waals surface area contributed by atoms with Crippen molar-refractivity contribution in [3.05, 3.63) is 30.1 Å². The Morgan fingerprint density at radius 2 is 2.00 bits per heavy atom. The van der Waals surface area contributed by atoms with E-state index in [4.69, 9.17) is 4.74 Å². The van der Waals surface area contributed by atoms with Crippen LogP contribution in [-0.4, -0.2) is 46.3 Å². The minimum Gasteiger partial charge on any atom is -0.497 e. The van der Waals surface area contributed by atoms with Crippen molar-refractivity contribution in [2.75, 3.05) is 21.2 Å². The lowest BCUT2D eigenvalue weighted by molar-refractivity contribution is 0.0698. The molecule has 0 radical (unpaired) electrons. The Morgan fingerprint density at radius 1 is 1.26 bits per heavy atom. The van der Waals surface area contributed by atoms with Crippen LogP contribution in [0, 0.1) is 5.92 Å². The molecule has 1 aliphatic rings. The SMILES string of the molecule is COc1cccc(-n2nnnc2C2(N(C)C)CCC(C)CC2)c1. The highest BCUT2D eigenvalue weighted by Gasteiger charge is 2.42. The summed E-state index contributed by atoms with van der Waals surface area (Å²) in [6.45, 7) is 2.32. The van der Waals surface area contributed by atoms with Crippen molar-refractivity contribution in [2.24, 2.45) is 5.92 Å². The average Bonchev–Trinajstić information content (AvgIpc) is 3.06. The third-order valence-electron chi connectivity index (χ3n) is 5.14. The van der Waals surface area contributed by atoms with Crippen LogP contribution in [0.5, 0.6) is 5.75 Å². The lowest BCUT2D eigenvalue weighted by Crippen LogP contribution is -2.46. The lowest BCUT2D eigenvalue weighted by Gasteiger charge is -2.43. The van der Waals surface area contributed by atoms with Gasteiger partial charge in [-0.2, -0.15) is 4.68 Å². The Labute approximate surface area is 137 Å². The number of methoxy groups -OCH3 is 1. The number of nitrogens with zero attached hydrogens (tertiary/aromatic N) is 5. The van der Waals surface area contributed by atoms with Gasteiger partial charge in [-0.3, -0.25) is 4.90 Å². The lowest BCUT2D eigenvalue weighted by atomic mass is 9.75. The molecule has 0 amide bonds. The van der Waals surface area contributed by atoms with Crippen molar-refractivity contribution in [1.82, 2.24) is 25.1 Å². The molecule has 0 spiro atoms. The summed E-state index contributed by atoms with van der Waals surface area (Å²) >= 11 is 0. The fourth-order valence-electron chi connectivity index (χ4n) is 3.50. The molecule has 0 N–H and O–H groups in total. The molecule has 1 aromatic heterocycles. The molecule has 1 aromatic carbocycles. The molecule has 124 valence electrons. The number of rotatable bonds is 4. The highest BCUT2D eigenvalue weighted by atomic mass is 16.5. The van der Waals surface area contributed by atoms with E-state index in [0.717, 1.165) is 36.0 Å². The van der Waals surface area contributed by atoms with Gasteiger partial charge in [-0.1, -0.05) is 13.0 Å². The molecule has 23 heavy (non-hydrogen) atoms. The van der Waals surface area contributed by atoms with E-state index in [0.29, 0.717) is 0 Å². The summed E-state index contributed by atoms with van der Waals surface area (Å²) in [5.74, 6) is 2.49.